The first-order chi connectivity index (χ1) is 11.9. The summed E-state index contributed by atoms with van der Waals surface area (Å²) in [6, 6.07) is 6.06. The number of aromatic nitrogens is 2. The number of thiophene rings is 1. The maximum atomic E-state index is 12.9. The Morgan fingerprint density at radius 3 is 2.68 bits per heavy atom. The third kappa shape index (κ3) is 3.28. The van der Waals surface area contributed by atoms with E-state index in [0.29, 0.717) is 16.6 Å². The van der Waals surface area contributed by atoms with Crippen molar-refractivity contribution in [2.24, 2.45) is 5.73 Å². The number of primary amides is 1. The van der Waals surface area contributed by atoms with E-state index in [1.807, 2.05) is 31.4 Å². The molecule has 3 N–H and O–H groups in total. The average Bonchev–Trinajstić information content (AvgIpc) is 2.94. The first-order valence-electron chi connectivity index (χ1n) is 7.98. The highest BCUT2D eigenvalue weighted by molar-refractivity contribution is 7.17. The zero-order valence-corrected chi connectivity index (χ0v) is 14.9. The number of aryl methyl sites for hydroxylation is 2. The van der Waals surface area contributed by atoms with E-state index in [2.05, 4.69) is 11.1 Å². The number of nitrogens with zero attached hydrogens (tertiary/aromatic N) is 1. The summed E-state index contributed by atoms with van der Waals surface area (Å²) in [5.41, 5.74) is 8.35. The Kier molecular flexibility index (Phi) is 4.59. The lowest BCUT2D eigenvalue weighted by Crippen LogP contribution is -2.35. The van der Waals surface area contributed by atoms with Crippen molar-refractivity contribution in [1.82, 2.24) is 9.55 Å². The van der Waals surface area contributed by atoms with E-state index in [1.165, 1.54) is 11.3 Å². The van der Waals surface area contributed by atoms with Gasteiger partial charge in [-0.05, 0) is 31.4 Å². The molecule has 0 unspecified atom stereocenters. The fourth-order valence-electron chi connectivity index (χ4n) is 2.98. The number of nitrogens with two attached hydrogens (primary N) is 1. The number of benzene rings is 1. The molecule has 0 atom stereocenters. The number of fused-ring (bicyclic) bond motifs is 1. The fraction of sp³-hybridized carbons (Fsp3) is 0.278. The number of amides is 1. The number of aromatic amines is 1. The second-order valence-electron chi connectivity index (χ2n) is 6.13. The third-order valence-electron chi connectivity index (χ3n) is 4.19. The Bertz CT molecular complexity index is 1080. The van der Waals surface area contributed by atoms with Crippen LogP contribution in [-0.2, 0) is 11.3 Å². The Morgan fingerprint density at radius 2 is 2.00 bits per heavy atom. The smallest absolute Gasteiger partial charge is 0.329 e. The van der Waals surface area contributed by atoms with Gasteiger partial charge < -0.3 is 5.73 Å². The van der Waals surface area contributed by atoms with Crippen LogP contribution in [0.1, 0.15) is 24.0 Å². The lowest BCUT2D eigenvalue weighted by Gasteiger charge is -2.08. The quantitative estimate of drug-likeness (QED) is 0.733. The van der Waals surface area contributed by atoms with Crippen LogP contribution in [0.4, 0.5) is 0 Å². The van der Waals surface area contributed by atoms with Gasteiger partial charge in [0.25, 0.3) is 5.56 Å². The fourth-order valence-corrected chi connectivity index (χ4v) is 3.92. The molecule has 3 rings (SSSR count). The first kappa shape index (κ1) is 17.2. The maximum absolute atomic E-state index is 12.9. The predicted octanol–water partition coefficient (Wildman–Crippen LogP) is 2.30. The molecule has 2 aromatic heterocycles. The van der Waals surface area contributed by atoms with Crippen LogP contribution >= 0.6 is 11.3 Å². The van der Waals surface area contributed by atoms with Gasteiger partial charge in [-0.1, -0.05) is 23.8 Å². The average molecular weight is 357 g/mol. The number of hydrogen-bond donors (Lipinski definition) is 2. The van der Waals surface area contributed by atoms with Gasteiger partial charge in [0.05, 0.1) is 5.39 Å². The van der Waals surface area contributed by atoms with Gasteiger partial charge in [0.1, 0.15) is 4.83 Å². The van der Waals surface area contributed by atoms with Crippen LogP contribution in [0.2, 0.25) is 0 Å². The molecule has 0 radical (unpaired) electrons. The van der Waals surface area contributed by atoms with E-state index in [0.717, 1.165) is 26.8 Å². The van der Waals surface area contributed by atoms with Crippen molar-refractivity contribution in [3.63, 3.8) is 0 Å². The van der Waals surface area contributed by atoms with Gasteiger partial charge in [0, 0.05) is 23.9 Å². The van der Waals surface area contributed by atoms with E-state index >= 15 is 0 Å². The van der Waals surface area contributed by atoms with Crippen molar-refractivity contribution < 1.29 is 4.79 Å². The van der Waals surface area contributed by atoms with E-state index in [9.17, 15) is 14.4 Å². The SMILES string of the molecule is Cc1ccc(-c2csc3[nH]c(=O)n(CCCC(N)=O)c(=O)c23)c(C)c1. The van der Waals surface area contributed by atoms with Crippen molar-refractivity contribution in [3.8, 4) is 11.1 Å². The molecule has 130 valence electrons. The van der Waals surface area contributed by atoms with Crippen molar-refractivity contribution in [2.45, 2.75) is 33.2 Å². The number of carbonyl (C=O) groups excluding carboxylic acids is 1. The van der Waals surface area contributed by atoms with Crippen molar-refractivity contribution in [1.29, 1.82) is 0 Å². The number of H-pyrrole nitrogens is 1. The predicted molar refractivity (Wildman–Crippen MR) is 100 cm³/mol. The summed E-state index contributed by atoms with van der Waals surface area (Å²) >= 11 is 1.34. The molecule has 25 heavy (non-hydrogen) atoms. The maximum Gasteiger partial charge on any atom is 0.329 e. The van der Waals surface area contributed by atoms with Crippen LogP contribution in [0.15, 0.2) is 33.2 Å². The molecule has 0 bridgehead atoms. The zero-order valence-electron chi connectivity index (χ0n) is 14.1. The van der Waals surface area contributed by atoms with E-state index in [-0.39, 0.29) is 18.5 Å². The molecule has 0 aliphatic carbocycles. The number of hydrogen-bond acceptors (Lipinski definition) is 4. The molecule has 0 fully saturated rings. The van der Waals surface area contributed by atoms with Gasteiger partial charge in [-0.25, -0.2) is 4.79 Å². The van der Waals surface area contributed by atoms with Gasteiger partial charge in [-0.15, -0.1) is 11.3 Å². The lowest BCUT2D eigenvalue weighted by molar-refractivity contribution is -0.118. The second-order valence-corrected chi connectivity index (χ2v) is 7.01. The van der Waals surface area contributed by atoms with Gasteiger partial charge in [0.2, 0.25) is 5.91 Å². The van der Waals surface area contributed by atoms with E-state index < -0.39 is 11.6 Å². The summed E-state index contributed by atoms with van der Waals surface area (Å²) in [5, 5.41) is 2.41. The summed E-state index contributed by atoms with van der Waals surface area (Å²) in [5.74, 6) is -0.447. The van der Waals surface area contributed by atoms with Crippen molar-refractivity contribution in [2.75, 3.05) is 0 Å². The van der Waals surface area contributed by atoms with Crippen LogP contribution in [-0.4, -0.2) is 15.5 Å². The Morgan fingerprint density at radius 1 is 1.24 bits per heavy atom. The lowest BCUT2D eigenvalue weighted by atomic mass is 9.99. The molecular formula is C18H19N3O3S. The largest absolute Gasteiger partial charge is 0.370 e. The molecular weight excluding hydrogens is 338 g/mol. The third-order valence-corrected chi connectivity index (χ3v) is 5.09. The summed E-state index contributed by atoms with van der Waals surface area (Å²) < 4.78 is 1.14. The summed E-state index contributed by atoms with van der Waals surface area (Å²) in [4.78, 5) is 39.3. The molecule has 7 heteroatoms. The standard InChI is InChI=1S/C18H19N3O3S/c1-10-5-6-12(11(2)8-10)13-9-25-16-15(13)17(23)21(18(24)20-16)7-3-4-14(19)22/h5-6,8-9H,3-4,7H2,1-2H3,(H2,19,22)(H,20,24). The number of rotatable bonds is 5. The van der Waals surface area contributed by atoms with Crippen LogP contribution in [0.3, 0.4) is 0 Å². The normalized spacial score (nSPS) is 11.1. The van der Waals surface area contributed by atoms with Crippen LogP contribution in [0.25, 0.3) is 21.3 Å². The van der Waals surface area contributed by atoms with Crippen molar-refractivity contribution in [3.05, 3.63) is 55.5 Å². The Balaban J connectivity index is 2.15. The highest BCUT2D eigenvalue weighted by Crippen LogP contribution is 2.32. The topological polar surface area (TPSA) is 97.9 Å². The minimum Gasteiger partial charge on any atom is -0.370 e. The van der Waals surface area contributed by atoms with Crippen molar-refractivity contribution >= 4 is 27.5 Å². The summed E-state index contributed by atoms with van der Waals surface area (Å²) in [6.07, 6.45) is 0.490. The van der Waals surface area contributed by atoms with Crippen LogP contribution in [0, 0.1) is 13.8 Å². The van der Waals surface area contributed by atoms with Gasteiger partial charge in [-0.3, -0.25) is 19.1 Å². The number of carbonyl (C=O) groups is 1. The molecule has 0 aliphatic rings. The zero-order chi connectivity index (χ0) is 18.1. The molecule has 3 aromatic rings. The molecule has 0 saturated carbocycles. The minimum absolute atomic E-state index is 0.136. The number of nitrogens with one attached hydrogen (secondary N) is 1. The highest BCUT2D eigenvalue weighted by Gasteiger charge is 2.16. The Hall–Kier alpha value is -2.67. The van der Waals surface area contributed by atoms with Crippen LogP contribution < -0.4 is 17.0 Å². The molecule has 0 aliphatic heterocycles. The van der Waals surface area contributed by atoms with Crippen LogP contribution in [0.5, 0.6) is 0 Å². The second kappa shape index (κ2) is 6.68. The molecule has 1 amide bonds. The highest BCUT2D eigenvalue weighted by atomic mass is 32.1. The van der Waals surface area contributed by atoms with Gasteiger partial charge in [-0.2, -0.15) is 0 Å². The van der Waals surface area contributed by atoms with Gasteiger partial charge >= 0.3 is 5.69 Å². The molecule has 1 aromatic carbocycles. The van der Waals surface area contributed by atoms with E-state index in [4.69, 9.17) is 5.73 Å². The molecule has 0 saturated heterocycles. The molecule has 6 nitrogen and oxygen atoms in total. The summed E-state index contributed by atoms with van der Waals surface area (Å²) in [7, 11) is 0. The first-order valence-corrected chi connectivity index (χ1v) is 8.86. The Labute approximate surface area is 147 Å². The van der Waals surface area contributed by atoms with Gasteiger partial charge in [0.15, 0.2) is 0 Å². The minimum atomic E-state index is -0.462. The van der Waals surface area contributed by atoms with E-state index in [1.54, 1.807) is 0 Å². The molecule has 2 heterocycles. The summed E-state index contributed by atoms with van der Waals surface area (Å²) in [6.45, 7) is 4.18. The monoisotopic (exact) mass is 357 g/mol. The molecule has 0 spiro atoms.